The topological polar surface area (TPSA) is 60.9 Å². The smallest absolute Gasteiger partial charge is 0.248 e. The van der Waals surface area contributed by atoms with E-state index in [0.717, 1.165) is 33.2 Å². The van der Waals surface area contributed by atoms with E-state index < -0.39 is 5.91 Å². The number of nitrogens with two attached hydrogens (primary N) is 1. The summed E-state index contributed by atoms with van der Waals surface area (Å²) in [5.41, 5.74) is 10.1. The molecule has 5 heteroatoms. The largest absolute Gasteiger partial charge is 0.366 e. The fourth-order valence-corrected chi connectivity index (χ4v) is 3.82. The van der Waals surface area contributed by atoms with Crippen LogP contribution in [-0.2, 0) is 5.75 Å². The van der Waals surface area contributed by atoms with Gasteiger partial charge in [0.1, 0.15) is 0 Å². The van der Waals surface area contributed by atoms with Crippen molar-refractivity contribution in [3.05, 3.63) is 90.0 Å². The maximum absolute atomic E-state index is 11.2. The summed E-state index contributed by atoms with van der Waals surface area (Å²) in [5.74, 6) is 0.352. The van der Waals surface area contributed by atoms with Gasteiger partial charge in [-0.25, -0.2) is 4.98 Å². The van der Waals surface area contributed by atoms with Crippen molar-refractivity contribution in [2.24, 2.45) is 5.73 Å². The molecule has 128 valence electrons. The molecule has 0 aliphatic heterocycles. The molecule has 0 aliphatic rings. The monoisotopic (exact) mass is 359 g/mol. The summed E-state index contributed by atoms with van der Waals surface area (Å²) >= 11 is 1.67. The van der Waals surface area contributed by atoms with Crippen molar-refractivity contribution in [3.8, 4) is 5.69 Å². The van der Waals surface area contributed by atoms with Crippen LogP contribution in [0, 0.1) is 0 Å². The molecule has 0 unspecified atom stereocenters. The molecule has 0 aliphatic carbocycles. The Hall–Kier alpha value is -3.05. The lowest BCUT2D eigenvalue weighted by Crippen LogP contribution is -2.10. The molecule has 2 N–H and O–H groups in total. The highest BCUT2D eigenvalue weighted by Crippen LogP contribution is 2.29. The Labute approximate surface area is 155 Å². The van der Waals surface area contributed by atoms with E-state index in [2.05, 4.69) is 22.8 Å². The second kappa shape index (κ2) is 7.06. The Morgan fingerprint density at radius 3 is 2.35 bits per heavy atom. The van der Waals surface area contributed by atoms with Crippen molar-refractivity contribution >= 4 is 28.7 Å². The zero-order valence-corrected chi connectivity index (χ0v) is 14.8. The number of benzene rings is 3. The number of rotatable bonds is 5. The molecule has 4 nitrogen and oxygen atoms in total. The molecule has 1 heterocycles. The third-order valence-electron chi connectivity index (χ3n) is 4.15. The number of nitrogens with zero attached hydrogens (tertiary/aromatic N) is 2. The van der Waals surface area contributed by atoms with Crippen molar-refractivity contribution in [2.75, 3.05) is 0 Å². The van der Waals surface area contributed by atoms with Crippen LogP contribution in [-0.4, -0.2) is 15.5 Å². The number of carbonyl (C=O) groups excluding carboxylic acids is 1. The first-order valence-electron chi connectivity index (χ1n) is 8.27. The predicted molar refractivity (Wildman–Crippen MR) is 106 cm³/mol. The van der Waals surface area contributed by atoms with Gasteiger partial charge in [0.25, 0.3) is 0 Å². The number of carbonyl (C=O) groups is 1. The molecule has 0 saturated heterocycles. The summed E-state index contributed by atoms with van der Waals surface area (Å²) in [4.78, 5) is 16.0. The van der Waals surface area contributed by atoms with E-state index in [1.165, 1.54) is 0 Å². The second-order valence-corrected chi connectivity index (χ2v) is 6.85. The quantitative estimate of drug-likeness (QED) is 0.537. The number of aromatic nitrogens is 2. The number of amides is 1. The van der Waals surface area contributed by atoms with Gasteiger partial charge >= 0.3 is 0 Å². The van der Waals surface area contributed by atoms with Gasteiger partial charge in [0.15, 0.2) is 5.16 Å². The zero-order chi connectivity index (χ0) is 17.9. The first-order valence-corrected chi connectivity index (χ1v) is 9.25. The molecule has 0 spiro atoms. The predicted octanol–water partition coefficient (Wildman–Crippen LogP) is 4.42. The van der Waals surface area contributed by atoms with Gasteiger partial charge in [-0.1, -0.05) is 54.2 Å². The van der Waals surface area contributed by atoms with E-state index in [1.54, 1.807) is 23.9 Å². The minimum atomic E-state index is -0.407. The van der Waals surface area contributed by atoms with Crippen LogP contribution in [0.15, 0.2) is 84.0 Å². The van der Waals surface area contributed by atoms with Gasteiger partial charge in [-0.15, -0.1) is 0 Å². The summed E-state index contributed by atoms with van der Waals surface area (Å²) in [6.07, 6.45) is 0. The van der Waals surface area contributed by atoms with E-state index in [1.807, 2.05) is 48.5 Å². The maximum atomic E-state index is 11.2. The molecular formula is C21H17N3OS. The van der Waals surface area contributed by atoms with Crippen LogP contribution >= 0.6 is 11.8 Å². The third-order valence-corrected chi connectivity index (χ3v) is 5.16. The number of thioether (sulfide) groups is 1. The lowest BCUT2D eigenvalue weighted by atomic mass is 10.1. The number of primary amides is 1. The zero-order valence-electron chi connectivity index (χ0n) is 14.0. The van der Waals surface area contributed by atoms with E-state index >= 15 is 0 Å². The molecule has 4 rings (SSSR count). The molecular weight excluding hydrogens is 342 g/mol. The van der Waals surface area contributed by atoms with Gasteiger partial charge in [-0.05, 0) is 42.0 Å². The van der Waals surface area contributed by atoms with Crippen LogP contribution in [0.3, 0.4) is 0 Å². The van der Waals surface area contributed by atoms with Gasteiger partial charge in [0.2, 0.25) is 5.91 Å². The Kier molecular flexibility index (Phi) is 4.46. The fraction of sp³-hybridized carbons (Fsp3) is 0.0476. The minimum Gasteiger partial charge on any atom is -0.366 e. The second-order valence-electron chi connectivity index (χ2n) is 5.90. The van der Waals surface area contributed by atoms with Gasteiger partial charge in [0, 0.05) is 17.0 Å². The van der Waals surface area contributed by atoms with Crippen LogP contribution in [0.1, 0.15) is 15.9 Å². The molecule has 0 bridgehead atoms. The lowest BCUT2D eigenvalue weighted by Gasteiger charge is -2.09. The Morgan fingerprint density at radius 2 is 1.62 bits per heavy atom. The maximum Gasteiger partial charge on any atom is 0.248 e. The van der Waals surface area contributed by atoms with Gasteiger partial charge in [-0.3, -0.25) is 9.36 Å². The SMILES string of the molecule is NC(=O)c1ccc(CSc2nc3ccccc3n2-c2ccccc2)cc1. The average molecular weight is 359 g/mol. The van der Waals surface area contributed by atoms with Gasteiger partial charge in [-0.2, -0.15) is 0 Å². The van der Waals surface area contributed by atoms with Crippen molar-refractivity contribution < 1.29 is 4.79 Å². The summed E-state index contributed by atoms with van der Waals surface area (Å²) in [7, 11) is 0. The van der Waals surface area contributed by atoms with Crippen molar-refractivity contribution in [1.29, 1.82) is 0 Å². The van der Waals surface area contributed by atoms with Crippen molar-refractivity contribution in [2.45, 2.75) is 10.9 Å². The highest BCUT2D eigenvalue weighted by molar-refractivity contribution is 7.98. The molecule has 0 fully saturated rings. The van der Waals surface area contributed by atoms with Crippen LogP contribution < -0.4 is 5.73 Å². The third kappa shape index (κ3) is 3.21. The molecule has 26 heavy (non-hydrogen) atoms. The molecule has 1 amide bonds. The molecule has 0 atom stereocenters. The molecule has 0 radical (unpaired) electrons. The summed E-state index contributed by atoms with van der Waals surface area (Å²) in [6.45, 7) is 0. The average Bonchev–Trinajstić information content (AvgIpc) is 3.05. The van der Waals surface area contributed by atoms with Crippen LogP contribution in [0.4, 0.5) is 0 Å². The first-order chi connectivity index (χ1) is 12.7. The highest BCUT2D eigenvalue weighted by atomic mass is 32.2. The van der Waals surface area contributed by atoms with Gasteiger partial charge < -0.3 is 5.73 Å². The summed E-state index contributed by atoms with van der Waals surface area (Å²) < 4.78 is 2.18. The standard InChI is InChI=1S/C21H17N3OS/c22-20(25)16-12-10-15(11-13-16)14-26-21-23-18-8-4-5-9-19(18)24(21)17-6-2-1-3-7-17/h1-13H,14H2,(H2,22,25). The van der Waals surface area contributed by atoms with Crippen LogP contribution in [0.2, 0.25) is 0 Å². The highest BCUT2D eigenvalue weighted by Gasteiger charge is 2.12. The number of hydrogen-bond acceptors (Lipinski definition) is 3. The Bertz CT molecular complexity index is 1060. The fourth-order valence-electron chi connectivity index (χ4n) is 2.84. The molecule has 4 aromatic rings. The lowest BCUT2D eigenvalue weighted by molar-refractivity contribution is 0.100. The van der Waals surface area contributed by atoms with E-state index in [0.29, 0.717) is 5.56 Å². The van der Waals surface area contributed by atoms with E-state index in [-0.39, 0.29) is 0 Å². The Morgan fingerprint density at radius 1 is 0.923 bits per heavy atom. The van der Waals surface area contributed by atoms with E-state index in [4.69, 9.17) is 10.7 Å². The van der Waals surface area contributed by atoms with Crippen molar-refractivity contribution in [1.82, 2.24) is 9.55 Å². The van der Waals surface area contributed by atoms with E-state index in [9.17, 15) is 4.79 Å². The van der Waals surface area contributed by atoms with Crippen LogP contribution in [0.5, 0.6) is 0 Å². The number of fused-ring (bicyclic) bond motifs is 1. The number of imidazole rings is 1. The molecule has 3 aromatic carbocycles. The van der Waals surface area contributed by atoms with Crippen molar-refractivity contribution in [3.63, 3.8) is 0 Å². The number of para-hydroxylation sites is 3. The molecule has 1 aromatic heterocycles. The minimum absolute atomic E-state index is 0.407. The first kappa shape index (κ1) is 16.4. The van der Waals surface area contributed by atoms with Crippen LogP contribution in [0.25, 0.3) is 16.7 Å². The summed E-state index contributed by atoms with van der Waals surface area (Å²) in [6, 6.07) is 25.8. The Balaban J connectivity index is 1.67. The number of hydrogen-bond donors (Lipinski definition) is 1. The van der Waals surface area contributed by atoms with Gasteiger partial charge in [0.05, 0.1) is 11.0 Å². The normalized spacial score (nSPS) is 10.9. The summed E-state index contributed by atoms with van der Waals surface area (Å²) in [5, 5.41) is 0.941. The molecule has 0 saturated carbocycles.